The van der Waals surface area contributed by atoms with Crippen LogP contribution in [0.1, 0.15) is 24.0 Å². The van der Waals surface area contributed by atoms with Gasteiger partial charge in [-0.15, -0.1) is 12.4 Å². The molecule has 2 aromatic carbocycles. The molecule has 2 aromatic rings. The Labute approximate surface area is 159 Å². The molecule has 0 bridgehead atoms. The molecule has 0 aromatic heterocycles. The predicted molar refractivity (Wildman–Crippen MR) is 104 cm³/mol. The minimum absolute atomic E-state index is 0. The van der Waals surface area contributed by atoms with Gasteiger partial charge in [0, 0.05) is 23.7 Å². The van der Waals surface area contributed by atoms with E-state index in [-0.39, 0.29) is 24.4 Å². The molecule has 0 spiro atoms. The van der Waals surface area contributed by atoms with Crippen molar-refractivity contribution in [3.05, 3.63) is 71.8 Å². The second-order valence-electron chi connectivity index (χ2n) is 6.19. The van der Waals surface area contributed by atoms with Gasteiger partial charge in [0.05, 0.1) is 5.92 Å². The van der Waals surface area contributed by atoms with E-state index < -0.39 is 5.97 Å². The summed E-state index contributed by atoms with van der Waals surface area (Å²) in [6.45, 7) is 0.910. The summed E-state index contributed by atoms with van der Waals surface area (Å²) in [6.07, 6.45) is 1.45. The van der Waals surface area contributed by atoms with Gasteiger partial charge < -0.3 is 15.3 Å². The van der Waals surface area contributed by atoms with Crippen LogP contribution in [0.25, 0.3) is 0 Å². The molecule has 2 atom stereocenters. The average Bonchev–Trinajstić information content (AvgIpc) is 2.67. The van der Waals surface area contributed by atoms with Crippen LogP contribution in [0.3, 0.4) is 0 Å². The first-order valence-corrected chi connectivity index (χ1v) is 8.51. The van der Waals surface area contributed by atoms with Crippen LogP contribution in [0.2, 0.25) is 0 Å². The van der Waals surface area contributed by atoms with Crippen molar-refractivity contribution in [1.29, 1.82) is 0 Å². The number of carboxylic acid groups (broad SMARTS) is 1. The zero-order chi connectivity index (χ0) is 17.5. The number of nitrogens with zero attached hydrogens (tertiary/aromatic N) is 1. The molecule has 5 nitrogen and oxygen atoms in total. The number of carbonyl (C=O) groups is 1. The van der Waals surface area contributed by atoms with E-state index in [4.69, 9.17) is 9.94 Å². The summed E-state index contributed by atoms with van der Waals surface area (Å²) in [5.41, 5.74) is 2.79. The monoisotopic (exact) mass is 374 g/mol. The number of oxime groups is 1. The van der Waals surface area contributed by atoms with Gasteiger partial charge in [-0.2, -0.15) is 0 Å². The molecule has 1 aliphatic heterocycles. The van der Waals surface area contributed by atoms with E-state index in [1.165, 1.54) is 0 Å². The maximum absolute atomic E-state index is 11.0. The first-order chi connectivity index (χ1) is 12.2. The van der Waals surface area contributed by atoms with E-state index in [0.29, 0.717) is 19.6 Å². The number of halogens is 1. The lowest BCUT2D eigenvalue weighted by molar-refractivity contribution is -0.142. The van der Waals surface area contributed by atoms with Gasteiger partial charge in [-0.05, 0) is 12.8 Å². The van der Waals surface area contributed by atoms with Crippen molar-refractivity contribution in [2.75, 3.05) is 13.2 Å². The fourth-order valence-electron chi connectivity index (χ4n) is 2.92. The van der Waals surface area contributed by atoms with Gasteiger partial charge in [0.25, 0.3) is 0 Å². The second kappa shape index (κ2) is 9.94. The molecule has 1 fully saturated rings. The van der Waals surface area contributed by atoms with Crippen molar-refractivity contribution in [1.82, 2.24) is 5.32 Å². The molecule has 1 aliphatic rings. The smallest absolute Gasteiger partial charge is 0.307 e. The third kappa shape index (κ3) is 5.31. The van der Waals surface area contributed by atoms with Crippen LogP contribution in [0.15, 0.2) is 65.8 Å². The molecule has 1 heterocycles. The summed E-state index contributed by atoms with van der Waals surface area (Å²) >= 11 is 0. The number of piperidine rings is 1. The molecule has 2 N–H and O–H groups in total. The highest BCUT2D eigenvalue weighted by Crippen LogP contribution is 2.16. The zero-order valence-electron chi connectivity index (χ0n) is 14.4. The van der Waals surface area contributed by atoms with E-state index in [1.54, 1.807) is 0 Å². The molecule has 0 unspecified atom stereocenters. The zero-order valence-corrected chi connectivity index (χ0v) is 15.2. The molecule has 138 valence electrons. The van der Waals surface area contributed by atoms with Crippen molar-refractivity contribution in [3.63, 3.8) is 0 Å². The highest BCUT2D eigenvalue weighted by atomic mass is 35.5. The Morgan fingerprint density at radius 3 is 2.08 bits per heavy atom. The highest BCUT2D eigenvalue weighted by Gasteiger charge is 2.25. The molecule has 3 rings (SSSR count). The summed E-state index contributed by atoms with van der Waals surface area (Å²) in [5, 5.41) is 16.6. The van der Waals surface area contributed by atoms with E-state index in [0.717, 1.165) is 23.3 Å². The number of benzene rings is 2. The van der Waals surface area contributed by atoms with Crippen molar-refractivity contribution in [2.24, 2.45) is 11.1 Å². The standard InChI is InChI=1S/C20H22N2O3.ClH/c23-20(24)17-11-12-18(21-13-17)14-25-22-19(15-7-3-1-4-8-15)16-9-5-2-6-10-16;/h1-10,17-18,21H,11-14H2,(H,23,24);1H/t17-,18-;/m1./s1. The van der Waals surface area contributed by atoms with Gasteiger partial charge in [-0.1, -0.05) is 65.8 Å². The Kier molecular flexibility index (Phi) is 7.63. The number of carboxylic acids is 1. The topological polar surface area (TPSA) is 70.9 Å². The number of aliphatic carboxylic acids is 1. The lowest BCUT2D eigenvalue weighted by atomic mass is 9.95. The summed E-state index contributed by atoms with van der Waals surface area (Å²) in [4.78, 5) is 16.6. The molecule has 0 amide bonds. The summed E-state index contributed by atoms with van der Waals surface area (Å²) in [5.74, 6) is -1.04. The van der Waals surface area contributed by atoms with E-state index >= 15 is 0 Å². The van der Waals surface area contributed by atoms with E-state index in [1.807, 2.05) is 60.7 Å². The van der Waals surface area contributed by atoms with Crippen molar-refractivity contribution in [3.8, 4) is 0 Å². The lowest BCUT2D eigenvalue weighted by Crippen LogP contribution is -2.43. The van der Waals surface area contributed by atoms with Crippen molar-refractivity contribution in [2.45, 2.75) is 18.9 Å². The van der Waals surface area contributed by atoms with Gasteiger partial charge in [0.2, 0.25) is 0 Å². The van der Waals surface area contributed by atoms with Crippen molar-refractivity contribution < 1.29 is 14.7 Å². The normalized spacial score (nSPS) is 19.1. The summed E-state index contributed by atoms with van der Waals surface area (Å²) in [6, 6.07) is 20.0. The summed E-state index contributed by atoms with van der Waals surface area (Å²) < 4.78 is 0. The molecule has 0 saturated carbocycles. The molecule has 6 heteroatoms. The molecule has 0 aliphatic carbocycles. The van der Waals surface area contributed by atoms with Crippen LogP contribution in [0.4, 0.5) is 0 Å². The quantitative estimate of drug-likeness (QED) is 0.601. The SMILES string of the molecule is Cl.O=C(O)[C@@H]1CC[C@H](CON=C(c2ccccc2)c2ccccc2)NC1. The fraction of sp³-hybridized carbons (Fsp3) is 0.300. The van der Waals surface area contributed by atoms with Crippen LogP contribution >= 0.6 is 12.4 Å². The number of rotatable bonds is 6. The van der Waals surface area contributed by atoms with E-state index in [9.17, 15) is 4.79 Å². The maximum atomic E-state index is 11.0. The number of hydrogen-bond acceptors (Lipinski definition) is 4. The van der Waals surface area contributed by atoms with E-state index in [2.05, 4.69) is 10.5 Å². The maximum Gasteiger partial charge on any atom is 0.307 e. The lowest BCUT2D eigenvalue weighted by Gasteiger charge is -2.26. The highest BCUT2D eigenvalue weighted by molar-refractivity contribution is 6.12. The number of hydrogen-bond donors (Lipinski definition) is 2. The first kappa shape index (κ1) is 19.9. The summed E-state index contributed by atoms with van der Waals surface area (Å²) in [7, 11) is 0. The molecular formula is C20H23ClN2O3. The second-order valence-corrected chi connectivity index (χ2v) is 6.19. The Hall–Kier alpha value is -2.37. The van der Waals surface area contributed by atoms with Crippen LogP contribution in [0.5, 0.6) is 0 Å². The molecule has 0 radical (unpaired) electrons. The van der Waals surface area contributed by atoms with Gasteiger partial charge in [0.1, 0.15) is 12.3 Å². The molecule has 1 saturated heterocycles. The minimum Gasteiger partial charge on any atom is -0.481 e. The predicted octanol–water partition coefficient (Wildman–Crippen LogP) is 3.33. The van der Waals surface area contributed by atoms with Crippen LogP contribution < -0.4 is 5.32 Å². The van der Waals surface area contributed by atoms with Gasteiger partial charge in [-0.3, -0.25) is 4.79 Å². The van der Waals surface area contributed by atoms with Gasteiger partial charge in [0.15, 0.2) is 0 Å². The molecule has 26 heavy (non-hydrogen) atoms. The van der Waals surface area contributed by atoms with Gasteiger partial charge in [-0.25, -0.2) is 0 Å². The van der Waals surface area contributed by atoms with Gasteiger partial charge >= 0.3 is 5.97 Å². The van der Waals surface area contributed by atoms with Crippen LogP contribution in [0, 0.1) is 5.92 Å². The number of nitrogens with one attached hydrogen (secondary N) is 1. The molecular weight excluding hydrogens is 352 g/mol. The third-order valence-corrected chi connectivity index (χ3v) is 4.39. The first-order valence-electron chi connectivity index (χ1n) is 8.51. The van der Waals surface area contributed by atoms with Crippen LogP contribution in [-0.4, -0.2) is 36.0 Å². The fourth-order valence-corrected chi connectivity index (χ4v) is 2.92. The Morgan fingerprint density at radius 1 is 1.04 bits per heavy atom. The largest absolute Gasteiger partial charge is 0.481 e. The third-order valence-electron chi connectivity index (χ3n) is 4.39. The Morgan fingerprint density at radius 2 is 1.62 bits per heavy atom. The minimum atomic E-state index is -0.736. The Bertz CT molecular complexity index is 673. The average molecular weight is 375 g/mol. The van der Waals surface area contributed by atoms with Crippen LogP contribution in [-0.2, 0) is 9.63 Å². The van der Waals surface area contributed by atoms with Crippen molar-refractivity contribution >= 4 is 24.1 Å². The Balaban J connectivity index is 0.00000243.